The normalized spacial score (nSPS) is 10.8. The van der Waals surface area contributed by atoms with Gasteiger partial charge in [-0.1, -0.05) is 30.3 Å². The molecule has 0 aliphatic heterocycles. The van der Waals surface area contributed by atoms with Gasteiger partial charge in [-0.15, -0.1) is 0 Å². The summed E-state index contributed by atoms with van der Waals surface area (Å²) < 4.78 is 1.53. The van der Waals surface area contributed by atoms with E-state index < -0.39 is 0 Å². The molecule has 1 amide bonds. The van der Waals surface area contributed by atoms with Gasteiger partial charge < -0.3 is 5.32 Å². The third kappa shape index (κ3) is 2.50. The number of nitrogens with one attached hydrogen (secondary N) is 2. The summed E-state index contributed by atoms with van der Waals surface area (Å²) in [5.41, 5.74) is 2.21. The third-order valence-electron chi connectivity index (χ3n) is 3.48. The Balaban J connectivity index is 1.95. The molecular formula is C16H16N4O2. The van der Waals surface area contributed by atoms with Crippen LogP contribution in [0.25, 0.3) is 11.0 Å². The van der Waals surface area contributed by atoms with E-state index in [1.54, 1.807) is 20.0 Å². The molecule has 2 N–H and O–H groups in total. The molecule has 0 unspecified atom stereocenters. The second-order valence-corrected chi connectivity index (χ2v) is 5.18. The summed E-state index contributed by atoms with van der Waals surface area (Å²) in [6.07, 6.45) is 0. The number of amides is 1. The molecule has 112 valence electrons. The zero-order valence-corrected chi connectivity index (χ0v) is 12.4. The van der Waals surface area contributed by atoms with Crippen LogP contribution in [0.5, 0.6) is 0 Å². The Hall–Kier alpha value is -2.89. The van der Waals surface area contributed by atoms with Gasteiger partial charge in [-0.05, 0) is 18.6 Å². The maximum Gasteiger partial charge on any atom is 0.274 e. The van der Waals surface area contributed by atoms with Crippen LogP contribution in [-0.4, -0.2) is 20.7 Å². The summed E-state index contributed by atoms with van der Waals surface area (Å²) in [6.45, 7) is 2.21. The Morgan fingerprint density at radius 3 is 2.77 bits per heavy atom. The highest BCUT2D eigenvalue weighted by molar-refractivity contribution is 6.05. The first kappa shape index (κ1) is 14.1. The highest BCUT2D eigenvalue weighted by Gasteiger charge is 2.17. The van der Waals surface area contributed by atoms with Crippen LogP contribution >= 0.6 is 0 Å². The van der Waals surface area contributed by atoms with Crippen molar-refractivity contribution in [2.24, 2.45) is 7.05 Å². The molecule has 0 aliphatic carbocycles. The molecule has 0 saturated carbocycles. The number of hydrogen-bond donors (Lipinski definition) is 2. The Labute approximate surface area is 126 Å². The number of carbonyl (C=O) groups is 1. The summed E-state index contributed by atoms with van der Waals surface area (Å²) in [5, 5.41) is 5.79. The summed E-state index contributed by atoms with van der Waals surface area (Å²) in [5.74, 6) is -0.281. The van der Waals surface area contributed by atoms with E-state index in [1.165, 1.54) is 4.68 Å². The van der Waals surface area contributed by atoms with Gasteiger partial charge in [-0.3, -0.25) is 19.4 Å². The van der Waals surface area contributed by atoms with Gasteiger partial charge in [-0.2, -0.15) is 0 Å². The molecule has 0 atom stereocenters. The second-order valence-electron chi connectivity index (χ2n) is 5.18. The van der Waals surface area contributed by atoms with Crippen molar-refractivity contribution in [1.82, 2.24) is 20.1 Å². The lowest BCUT2D eigenvalue weighted by atomic mass is 10.1. The number of benzene rings is 1. The maximum absolute atomic E-state index is 12.4. The van der Waals surface area contributed by atoms with Crippen LogP contribution in [0.3, 0.4) is 0 Å². The Morgan fingerprint density at radius 2 is 2.05 bits per heavy atom. The lowest BCUT2D eigenvalue weighted by molar-refractivity contribution is 0.0952. The Morgan fingerprint density at radius 1 is 1.32 bits per heavy atom. The van der Waals surface area contributed by atoms with E-state index in [0.29, 0.717) is 28.8 Å². The van der Waals surface area contributed by atoms with Gasteiger partial charge in [0.1, 0.15) is 0 Å². The van der Waals surface area contributed by atoms with Crippen molar-refractivity contribution in [2.75, 3.05) is 0 Å². The molecule has 0 spiro atoms. The standard InChI is InChI=1S/C16H16N4O2/c1-10-8-12(13-14(18-10)20(2)19-16(13)22)15(21)17-9-11-6-4-3-5-7-11/h3-8H,9H2,1-2H3,(H,17,21)(H,19,22). The number of pyridine rings is 1. The van der Waals surface area contributed by atoms with Crippen LogP contribution in [-0.2, 0) is 13.6 Å². The Kier molecular flexibility index (Phi) is 3.50. The number of H-pyrrole nitrogens is 1. The van der Waals surface area contributed by atoms with Crippen LogP contribution in [0.4, 0.5) is 0 Å². The molecule has 3 rings (SSSR count). The number of nitrogens with zero attached hydrogens (tertiary/aromatic N) is 2. The van der Waals surface area contributed by atoms with Gasteiger partial charge in [0.15, 0.2) is 5.65 Å². The fraction of sp³-hybridized carbons (Fsp3) is 0.188. The molecule has 2 heterocycles. The predicted octanol–water partition coefficient (Wildman–Crippen LogP) is 1.50. The van der Waals surface area contributed by atoms with Gasteiger partial charge >= 0.3 is 0 Å². The molecule has 1 aromatic carbocycles. The minimum atomic E-state index is -0.310. The van der Waals surface area contributed by atoms with Gasteiger partial charge in [0.2, 0.25) is 0 Å². The van der Waals surface area contributed by atoms with Crippen molar-refractivity contribution >= 4 is 16.9 Å². The monoisotopic (exact) mass is 296 g/mol. The van der Waals surface area contributed by atoms with Gasteiger partial charge in [0, 0.05) is 19.3 Å². The smallest absolute Gasteiger partial charge is 0.274 e. The summed E-state index contributed by atoms with van der Waals surface area (Å²) >= 11 is 0. The SMILES string of the molecule is Cc1cc(C(=O)NCc2ccccc2)c2c(=O)[nH]n(C)c2n1. The minimum Gasteiger partial charge on any atom is -0.348 e. The number of aryl methyl sites for hydroxylation is 2. The zero-order valence-electron chi connectivity index (χ0n) is 12.4. The van der Waals surface area contributed by atoms with Crippen LogP contribution in [0.15, 0.2) is 41.2 Å². The van der Waals surface area contributed by atoms with E-state index in [1.807, 2.05) is 30.3 Å². The number of hydrogen-bond acceptors (Lipinski definition) is 3. The first-order valence-electron chi connectivity index (χ1n) is 6.95. The second kappa shape index (κ2) is 5.48. The molecule has 6 nitrogen and oxygen atoms in total. The molecule has 0 radical (unpaired) electrons. The average molecular weight is 296 g/mol. The Bertz CT molecular complexity index is 894. The largest absolute Gasteiger partial charge is 0.348 e. The summed E-state index contributed by atoms with van der Waals surface area (Å²) in [6, 6.07) is 11.3. The number of carbonyl (C=O) groups excluding carboxylic acids is 1. The van der Waals surface area contributed by atoms with E-state index in [0.717, 1.165) is 5.56 Å². The summed E-state index contributed by atoms with van der Waals surface area (Å²) in [4.78, 5) is 28.8. The fourth-order valence-electron chi connectivity index (χ4n) is 2.44. The van der Waals surface area contributed by atoms with E-state index >= 15 is 0 Å². The van der Waals surface area contributed by atoms with Crippen LogP contribution in [0.2, 0.25) is 0 Å². The molecule has 2 aromatic heterocycles. The van der Waals surface area contributed by atoms with E-state index in [2.05, 4.69) is 15.4 Å². The van der Waals surface area contributed by atoms with E-state index in [4.69, 9.17) is 0 Å². The molecule has 0 fully saturated rings. The van der Waals surface area contributed by atoms with Crippen LogP contribution in [0.1, 0.15) is 21.6 Å². The van der Waals surface area contributed by atoms with Gasteiger partial charge in [0.25, 0.3) is 11.5 Å². The molecular weight excluding hydrogens is 280 g/mol. The molecule has 0 bridgehead atoms. The third-order valence-corrected chi connectivity index (χ3v) is 3.48. The van der Waals surface area contributed by atoms with Crippen molar-refractivity contribution in [3.8, 4) is 0 Å². The first-order chi connectivity index (χ1) is 10.6. The van der Waals surface area contributed by atoms with Crippen molar-refractivity contribution in [2.45, 2.75) is 13.5 Å². The molecule has 6 heteroatoms. The van der Waals surface area contributed by atoms with Crippen molar-refractivity contribution < 1.29 is 4.79 Å². The average Bonchev–Trinajstić information content (AvgIpc) is 2.79. The minimum absolute atomic E-state index is 0.281. The van der Waals surface area contributed by atoms with Crippen molar-refractivity contribution in [3.63, 3.8) is 0 Å². The number of aromatic amines is 1. The van der Waals surface area contributed by atoms with Crippen molar-refractivity contribution in [3.05, 3.63) is 63.6 Å². The first-order valence-corrected chi connectivity index (χ1v) is 6.95. The van der Waals surface area contributed by atoms with E-state index in [-0.39, 0.29) is 11.5 Å². The number of rotatable bonds is 3. The fourth-order valence-corrected chi connectivity index (χ4v) is 2.44. The highest BCUT2D eigenvalue weighted by Crippen LogP contribution is 2.14. The lowest BCUT2D eigenvalue weighted by Gasteiger charge is -2.07. The molecule has 22 heavy (non-hydrogen) atoms. The van der Waals surface area contributed by atoms with Gasteiger partial charge in [0.05, 0.1) is 10.9 Å². The van der Waals surface area contributed by atoms with Crippen LogP contribution < -0.4 is 10.9 Å². The summed E-state index contributed by atoms with van der Waals surface area (Å²) in [7, 11) is 1.70. The quantitative estimate of drug-likeness (QED) is 0.768. The van der Waals surface area contributed by atoms with Crippen molar-refractivity contribution in [1.29, 1.82) is 0 Å². The predicted molar refractivity (Wildman–Crippen MR) is 83.7 cm³/mol. The number of aromatic nitrogens is 3. The highest BCUT2D eigenvalue weighted by atomic mass is 16.2. The van der Waals surface area contributed by atoms with E-state index in [9.17, 15) is 9.59 Å². The van der Waals surface area contributed by atoms with Gasteiger partial charge in [-0.25, -0.2) is 4.98 Å². The molecule has 0 aliphatic rings. The lowest BCUT2D eigenvalue weighted by Crippen LogP contribution is -2.24. The number of fused-ring (bicyclic) bond motifs is 1. The topological polar surface area (TPSA) is 79.8 Å². The molecule has 3 aromatic rings. The van der Waals surface area contributed by atoms with Crippen LogP contribution in [0, 0.1) is 6.92 Å². The molecule has 0 saturated heterocycles. The zero-order chi connectivity index (χ0) is 15.7. The maximum atomic E-state index is 12.4.